The molecule has 1 saturated heterocycles. The van der Waals surface area contributed by atoms with Gasteiger partial charge in [-0.2, -0.15) is 0 Å². The summed E-state index contributed by atoms with van der Waals surface area (Å²) >= 11 is 6.40. The first kappa shape index (κ1) is 16.6. The van der Waals surface area contributed by atoms with Gasteiger partial charge in [0.1, 0.15) is 0 Å². The molecule has 1 aliphatic heterocycles. The Hall–Kier alpha value is -0.770. The van der Waals surface area contributed by atoms with Crippen LogP contribution in [0.1, 0.15) is 32.8 Å². The van der Waals surface area contributed by atoms with E-state index < -0.39 is 0 Å². The highest BCUT2D eigenvalue weighted by Crippen LogP contribution is 2.25. The van der Waals surface area contributed by atoms with Crippen LogP contribution >= 0.6 is 11.6 Å². The smallest absolute Gasteiger partial charge is 0.0459 e. The van der Waals surface area contributed by atoms with Crippen molar-refractivity contribution in [2.45, 2.75) is 45.7 Å². The molecule has 0 aliphatic carbocycles. The molecule has 0 saturated carbocycles. The summed E-state index contributed by atoms with van der Waals surface area (Å²) in [6.07, 6.45) is 2.05. The van der Waals surface area contributed by atoms with E-state index in [9.17, 15) is 0 Å². The zero-order valence-electron chi connectivity index (χ0n) is 13.5. The van der Waals surface area contributed by atoms with Gasteiger partial charge in [0.15, 0.2) is 0 Å². The first-order chi connectivity index (χ1) is 10.0. The third-order valence-corrected chi connectivity index (χ3v) is 4.82. The fraction of sp³-hybridized carbons (Fsp3) is 0.647. The van der Waals surface area contributed by atoms with E-state index in [1.165, 1.54) is 12.1 Å². The molecule has 1 aromatic rings. The summed E-state index contributed by atoms with van der Waals surface area (Å²) in [6, 6.07) is 7.24. The van der Waals surface area contributed by atoms with Gasteiger partial charge in [0.25, 0.3) is 0 Å². The van der Waals surface area contributed by atoms with Crippen LogP contribution in [-0.4, -0.2) is 43.2 Å². The zero-order chi connectivity index (χ0) is 15.4. The van der Waals surface area contributed by atoms with Crippen molar-refractivity contribution in [3.05, 3.63) is 28.8 Å². The third kappa shape index (κ3) is 4.35. The first-order valence-electron chi connectivity index (χ1n) is 8.04. The molecule has 3 nitrogen and oxygen atoms in total. The van der Waals surface area contributed by atoms with Crippen molar-refractivity contribution in [3.8, 4) is 0 Å². The molecule has 21 heavy (non-hydrogen) atoms. The predicted molar refractivity (Wildman–Crippen MR) is 92.3 cm³/mol. The molecule has 2 unspecified atom stereocenters. The maximum absolute atomic E-state index is 6.40. The largest absolute Gasteiger partial charge is 0.369 e. The topological polar surface area (TPSA) is 32.5 Å². The SMILES string of the molecule is CCC(C)N1CCN(c2ccc(CC(C)N)c(Cl)c2)CC1. The molecular weight excluding hydrogens is 282 g/mol. The Morgan fingerprint density at radius 1 is 1.19 bits per heavy atom. The van der Waals surface area contributed by atoms with Crippen LogP contribution in [0.25, 0.3) is 0 Å². The Labute approximate surface area is 134 Å². The van der Waals surface area contributed by atoms with Gasteiger partial charge in [-0.3, -0.25) is 4.90 Å². The molecule has 2 N–H and O–H groups in total. The lowest BCUT2D eigenvalue weighted by molar-refractivity contribution is 0.193. The van der Waals surface area contributed by atoms with Crippen LogP contribution in [0.15, 0.2) is 18.2 Å². The maximum atomic E-state index is 6.40. The van der Waals surface area contributed by atoms with Crippen LogP contribution in [0.3, 0.4) is 0 Å². The second kappa shape index (κ2) is 7.48. The van der Waals surface area contributed by atoms with Gasteiger partial charge in [-0.05, 0) is 44.4 Å². The normalized spacial score (nSPS) is 19.6. The first-order valence-corrected chi connectivity index (χ1v) is 8.42. The highest BCUT2D eigenvalue weighted by Gasteiger charge is 2.20. The molecule has 1 aromatic carbocycles. The summed E-state index contributed by atoms with van der Waals surface area (Å²) in [5.74, 6) is 0. The van der Waals surface area contributed by atoms with Crippen molar-refractivity contribution in [2.24, 2.45) is 5.73 Å². The average Bonchev–Trinajstić information content (AvgIpc) is 2.48. The number of piperazine rings is 1. The number of anilines is 1. The number of halogens is 1. The molecule has 118 valence electrons. The Morgan fingerprint density at radius 2 is 1.86 bits per heavy atom. The van der Waals surface area contributed by atoms with E-state index in [1.54, 1.807) is 0 Å². The molecule has 0 amide bonds. The molecule has 1 aliphatic rings. The van der Waals surface area contributed by atoms with Gasteiger partial charge in [-0.15, -0.1) is 0 Å². The molecule has 1 heterocycles. The van der Waals surface area contributed by atoms with Crippen LogP contribution in [-0.2, 0) is 6.42 Å². The number of nitrogens with zero attached hydrogens (tertiary/aromatic N) is 2. The summed E-state index contributed by atoms with van der Waals surface area (Å²) in [4.78, 5) is 5.00. The minimum absolute atomic E-state index is 0.146. The highest BCUT2D eigenvalue weighted by atomic mass is 35.5. The van der Waals surface area contributed by atoms with E-state index in [1.807, 2.05) is 6.92 Å². The van der Waals surface area contributed by atoms with Crippen molar-refractivity contribution in [3.63, 3.8) is 0 Å². The summed E-state index contributed by atoms with van der Waals surface area (Å²) in [5, 5.41) is 0.842. The Bertz CT molecular complexity index is 453. The van der Waals surface area contributed by atoms with Crippen LogP contribution in [0.4, 0.5) is 5.69 Å². The second-order valence-electron chi connectivity index (χ2n) is 6.24. The molecule has 2 rings (SSSR count). The van der Waals surface area contributed by atoms with Crippen molar-refractivity contribution >= 4 is 17.3 Å². The average molecular weight is 310 g/mol. The third-order valence-electron chi connectivity index (χ3n) is 4.47. The van der Waals surface area contributed by atoms with Crippen molar-refractivity contribution in [1.29, 1.82) is 0 Å². The monoisotopic (exact) mass is 309 g/mol. The molecular formula is C17H28ClN3. The Balaban J connectivity index is 1.99. The molecule has 2 atom stereocenters. The fourth-order valence-electron chi connectivity index (χ4n) is 2.92. The molecule has 0 bridgehead atoms. The summed E-state index contributed by atoms with van der Waals surface area (Å²) in [7, 11) is 0. The van der Waals surface area contributed by atoms with Crippen LogP contribution in [0.2, 0.25) is 5.02 Å². The van der Waals surface area contributed by atoms with Gasteiger partial charge >= 0.3 is 0 Å². The van der Waals surface area contributed by atoms with Crippen LogP contribution < -0.4 is 10.6 Å². The quantitative estimate of drug-likeness (QED) is 0.907. The van der Waals surface area contributed by atoms with E-state index in [0.717, 1.165) is 43.2 Å². The van der Waals surface area contributed by atoms with Gasteiger partial charge in [0.2, 0.25) is 0 Å². The van der Waals surface area contributed by atoms with Crippen molar-refractivity contribution in [1.82, 2.24) is 4.90 Å². The van der Waals surface area contributed by atoms with E-state index >= 15 is 0 Å². The fourth-order valence-corrected chi connectivity index (χ4v) is 3.18. The minimum atomic E-state index is 0.146. The molecule has 0 aromatic heterocycles. The number of hydrogen-bond acceptors (Lipinski definition) is 3. The summed E-state index contributed by atoms with van der Waals surface area (Å²) < 4.78 is 0. The molecule has 0 radical (unpaired) electrons. The lowest BCUT2D eigenvalue weighted by Gasteiger charge is -2.39. The number of nitrogens with two attached hydrogens (primary N) is 1. The lowest BCUT2D eigenvalue weighted by Crippen LogP contribution is -2.49. The summed E-state index contributed by atoms with van der Waals surface area (Å²) in [5.41, 5.74) is 8.24. The Kier molecular flexibility index (Phi) is 5.91. The van der Waals surface area contributed by atoms with E-state index in [0.29, 0.717) is 6.04 Å². The van der Waals surface area contributed by atoms with Gasteiger partial charge in [-0.25, -0.2) is 0 Å². The number of benzene rings is 1. The van der Waals surface area contributed by atoms with Crippen LogP contribution in [0, 0.1) is 0 Å². The van der Waals surface area contributed by atoms with E-state index in [4.69, 9.17) is 17.3 Å². The maximum Gasteiger partial charge on any atom is 0.0459 e. The highest BCUT2D eigenvalue weighted by molar-refractivity contribution is 6.31. The van der Waals surface area contributed by atoms with Gasteiger partial charge in [0, 0.05) is 49.0 Å². The van der Waals surface area contributed by atoms with E-state index in [2.05, 4.69) is 41.8 Å². The zero-order valence-corrected chi connectivity index (χ0v) is 14.2. The van der Waals surface area contributed by atoms with Crippen LogP contribution in [0.5, 0.6) is 0 Å². The van der Waals surface area contributed by atoms with Gasteiger partial charge in [-0.1, -0.05) is 24.6 Å². The van der Waals surface area contributed by atoms with Gasteiger partial charge < -0.3 is 10.6 Å². The van der Waals surface area contributed by atoms with E-state index in [-0.39, 0.29) is 6.04 Å². The second-order valence-corrected chi connectivity index (χ2v) is 6.64. The van der Waals surface area contributed by atoms with Crippen molar-refractivity contribution in [2.75, 3.05) is 31.1 Å². The molecule has 1 fully saturated rings. The minimum Gasteiger partial charge on any atom is -0.369 e. The lowest BCUT2D eigenvalue weighted by atomic mass is 10.1. The van der Waals surface area contributed by atoms with Gasteiger partial charge in [0.05, 0.1) is 0 Å². The predicted octanol–water partition coefficient (Wildman–Crippen LogP) is 3.15. The number of rotatable bonds is 5. The van der Waals surface area contributed by atoms with Crippen molar-refractivity contribution < 1.29 is 0 Å². The number of hydrogen-bond donors (Lipinski definition) is 1. The summed E-state index contributed by atoms with van der Waals surface area (Å²) in [6.45, 7) is 11.0. The Morgan fingerprint density at radius 3 is 2.38 bits per heavy atom. The standard InChI is InChI=1S/C17H28ClN3/c1-4-14(3)20-7-9-21(10-8-20)16-6-5-15(11-13(2)19)17(18)12-16/h5-6,12-14H,4,7-11,19H2,1-3H3. The molecule has 0 spiro atoms. The molecule has 4 heteroatoms.